The fourth-order valence-electron chi connectivity index (χ4n) is 1.04. The van der Waals surface area contributed by atoms with Gasteiger partial charge in [0, 0.05) is 15.2 Å². The van der Waals surface area contributed by atoms with Crippen LogP contribution in [-0.2, 0) is 0 Å². The van der Waals surface area contributed by atoms with Crippen molar-refractivity contribution in [3.8, 4) is 0 Å². The molecule has 1 radical (unpaired) electrons. The van der Waals surface area contributed by atoms with Crippen LogP contribution in [0.3, 0.4) is 0 Å². The molecule has 1 heterocycles. The Morgan fingerprint density at radius 3 is 3.08 bits per heavy atom. The van der Waals surface area contributed by atoms with Gasteiger partial charge in [-0.1, -0.05) is 0 Å². The summed E-state index contributed by atoms with van der Waals surface area (Å²) in [4.78, 5) is 3.98. The van der Waals surface area contributed by atoms with Crippen LogP contribution in [0, 0.1) is 15.5 Å². The standard InChI is InChI=1S/C9H4FIN/c10-8-3-1-2-6-4-7(11)5-12-9(6)8/h2-5H. The predicted molar refractivity (Wildman–Crippen MR) is 53.3 cm³/mol. The molecule has 0 fully saturated rings. The Morgan fingerprint density at radius 2 is 2.25 bits per heavy atom. The highest BCUT2D eigenvalue weighted by molar-refractivity contribution is 14.1. The number of hydrogen-bond acceptors (Lipinski definition) is 1. The Bertz CT molecular complexity index is 428. The number of benzene rings is 1. The summed E-state index contributed by atoms with van der Waals surface area (Å²) in [7, 11) is 0. The Kier molecular flexibility index (Phi) is 1.96. The summed E-state index contributed by atoms with van der Waals surface area (Å²) in [6.45, 7) is 0. The van der Waals surface area contributed by atoms with Crippen LogP contribution in [0.4, 0.5) is 4.39 Å². The summed E-state index contributed by atoms with van der Waals surface area (Å²) in [5.41, 5.74) is 0.411. The SMILES string of the molecule is Fc1c[c]cc2cc(I)cnc12. The lowest BCUT2D eigenvalue weighted by molar-refractivity contribution is 0.636. The molecule has 0 unspecified atom stereocenters. The van der Waals surface area contributed by atoms with E-state index in [9.17, 15) is 4.39 Å². The van der Waals surface area contributed by atoms with Gasteiger partial charge in [0.05, 0.1) is 0 Å². The molecule has 2 rings (SSSR count). The minimum Gasteiger partial charge on any atom is -0.252 e. The molecule has 1 aromatic heterocycles. The second-order valence-corrected chi connectivity index (χ2v) is 3.64. The van der Waals surface area contributed by atoms with Gasteiger partial charge in [-0.05, 0) is 46.9 Å². The fraction of sp³-hybridized carbons (Fsp3) is 0. The largest absolute Gasteiger partial charge is 0.252 e. The fourth-order valence-corrected chi connectivity index (χ4v) is 1.51. The highest BCUT2D eigenvalue weighted by Gasteiger charge is 2.00. The van der Waals surface area contributed by atoms with E-state index in [1.807, 2.05) is 6.07 Å². The van der Waals surface area contributed by atoms with Gasteiger partial charge in [-0.25, -0.2) is 4.39 Å². The lowest BCUT2D eigenvalue weighted by Gasteiger charge is -1.97. The van der Waals surface area contributed by atoms with Crippen LogP contribution in [0.5, 0.6) is 0 Å². The van der Waals surface area contributed by atoms with E-state index in [0.29, 0.717) is 5.52 Å². The predicted octanol–water partition coefficient (Wildman–Crippen LogP) is 2.78. The summed E-state index contributed by atoms with van der Waals surface area (Å²) in [6.07, 6.45) is 1.64. The molecule has 0 spiro atoms. The van der Waals surface area contributed by atoms with Crippen LogP contribution >= 0.6 is 22.6 Å². The van der Waals surface area contributed by atoms with Gasteiger partial charge in [0.1, 0.15) is 11.3 Å². The summed E-state index contributed by atoms with van der Waals surface area (Å²) < 4.78 is 14.0. The number of nitrogens with zero attached hydrogens (tertiary/aromatic N) is 1. The Balaban J connectivity index is 2.86. The van der Waals surface area contributed by atoms with E-state index in [2.05, 4.69) is 33.6 Å². The molecule has 0 bridgehead atoms. The van der Waals surface area contributed by atoms with Crippen LogP contribution < -0.4 is 0 Å². The first kappa shape index (κ1) is 7.91. The van der Waals surface area contributed by atoms with Crippen molar-refractivity contribution in [3.63, 3.8) is 0 Å². The average molecular weight is 272 g/mol. The topological polar surface area (TPSA) is 12.9 Å². The van der Waals surface area contributed by atoms with Crippen molar-refractivity contribution < 1.29 is 4.39 Å². The first-order valence-electron chi connectivity index (χ1n) is 3.38. The first-order valence-corrected chi connectivity index (χ1v) is 4.46. The quantitative estimate of drug-likeness (QED) is 0.672. The van der Waals surface area contributed by atoms with Crippen molar-refractivity contribution in [1.29, 1.82) is 0 Å². The molecule has 59 valence electrons. The highest BCUT2D eigenvalue weighted by Crippen LogP contribution is 2.16. The third-order valence-corrected chi connectivity index (χ3v) is 2.15. The number of hydrogen-bond donors (Lipinski definition) is 0. The number of rotatable bonds is 0. The van der Waals surface area contributed by atoms with Crippen molar-refractivity contribution >= 4 is 33.5 Å². The van der Waals surface area contributed by atoms with Gasteiger partial charge in [0.25, 0.3) is 0 Å². The van der Waals surface area contributed by atoms with Gasteiger partial charge in [-0.15, -0.1) is 0 Å². The van der Waals surface area contributed by atoms with Gasteiger partial charge >= 0.3 is 0 Å². The molecule has 0 aliphatic heterocycles. The number of halogens is 2. The van der Waals surface area contributed by atoms with Crippen molar-refractivity contribution in [1.82, 2.24) is 4.98 Å². The van der Waals surface area contributed by atoms with Gasteiger partial charge in [-0.3, -0.25) is 4.98 Å². The van der Waals surface area contributed by atoms with E-state index in [1.54, 1.807) is 12.3 Å². The molecular formula is C9H4FIN. The molecule has 3 heteroatoms. The van der Waals surface area contributed by atoms with Crippen molar-refractivity contribution in [2.75, 3.05) is 0 Å². The summed E-state index contributed by atoms with van der Waals surface area (Å²) in [5.74, 6) is -0.316. The number of pyridine rings is 1. The second-order valence-electron chi connectivity index (χ2n) is 2.39. The van der Waals surface area contributed by atoms with Gasteiger partial charge in [0.2, 0.25) is 0 Å². The van der Waals surface area contributed by atoms with Crippen LogP contribution in [0.15, 0.2) is 24.4 Å². The molecule has 2 aromatic rings. The minimum atomic E-state index is -0.316. The van der Waals surface area contributed by atoms with E-state index < -0.39 is 0 Å². The van der Waals surface area contributed by atoms with Gasteiger partial charge < -0.3 is 0 Å². The molecule has 12 heavy (non-hydrogen) atoms. The molecule has 1 nitrogen and oxygen atoms in total. The van der Waals surface area contributed by atoms with E-state index in [0.717, 1.165) is 8.96 Å². The van der Waals surface area contributed by atoms with Crippen molar-refractivity contribution in [2.45, 2.75) is 0 Å². The Labute approximate surface area is 82.8 Å². The smallest absolute Gasteiger partial charge is 0.150 e. The third kappa shape index (κ3) is 1.29. The van der Waals surface area contributed by atoms with E-state index in [-0.39, 0.29) is 5.82 Å². The second kappa shape index (κ2) is 2.97. The lowest BCUT2D eigenvalue weighted by atomic mass is 10.2. The monoisotopic (exact) mass is 272 g/mol. The number of fused-ring (bicyclic) bond motifs is 1. The molecule has 0 N–H and O–H groups in total. The van der Waals surface area contributed by atoms with Crippen LogP contribution in [0.25, 0.3) is 10.9 Å². The molecular weight excluding hydrogens is 268 g/mol. The van der Waals surface area contributed by atoms with Crippen LogP contribution in [0.2, 0.25) is 0 Å². The zero-order valence-corrected chi connectivity index (χ0v) is 8.17. The molecule has 0 aliphatic rings. The average Bonchev–Trinajstić information content (AvgIpc) is 2.04. The van der Waals surface area contributed by atoms with E-state index in [4.69, 9.17) is 0 Å². The Hall–Kier alpha value is -0.710. The maximum atomic E-state index is 13.0. The summed E-state index contributed by atoms with van der Waals surface area (Å²) >= 11 is 2.14. The molecule has 0 atom stereocenters. The molecule has 0 saturated heterocycles. The summed E-state index contributed by atoms with van der Waals surface area (Å²) in [5, 5.41) is 0.793. The normalized spacial score (nSPS) is 10.5. The van der Waals surface area contributed by atoms with E-state index in [1.165, 1.54) is 6.07 Å². The van der Waals surface area contributed by atoms with Crippen molar-refractivity contribution in [2.24, 2.45) is 0 Å². The molecule has 0 amide bonds. The first-order chi connectivity index (χ1) is 5.77. The van der Waals surface area contributed by atoms with Crippen LogP contribution in [-0.4, -0.2) is 4.98 Å². The zero-order valence-electron chi connectivity index (χ0n) is 6.01. The third-order valence-electron chi connectivity index (χ3n) is 1.56. The minimum absolute atomic E-state index is 0.316. The van der Waals surface area contributed by atoms with E-state index >= 15 is 0 Å². The molecule has 0 saturated carbocycles. The van der Waals surface area contributed by atoms with Gasteiger partial charge in [0.15, 0.2) is 0 Å². The maximum absolute atomic E-state index is 13.0. The van der Waals surface area contributed by atoms with Crippen LogP contribution in [0.1, 0.15) is 0 Å². The maximum Gasteiger partial charge on any atom is 0.150 e. The molecule has 1 aromatic carbocycles. The summed E-state index contributed by atoms with van der Waals surface area (Å²) in [6, 6.07) is 7.61. The number of aromatic nitrogens is 1. The van der Waals surface area contributed by atoms with Crippen molar-refractivity contribution in [3.05, 3.63) is 39.8 Å². The lowest BCUT2D eigenvalue weighted by Crippen LogP contribution is -1.84. The van der Waals surface area contributed by atoms with Gasteiger partial charge in [-0.2, -0.15) is 0 Å². The highest BCUT2D eigenvalue weighted by atomic mass is 127. The Morgan fingerprint density at radius 1 is 1.42 bits per heavy atom. The molecule has 0 aliphatic carbocycles. The zero-order chi connectivity index (χ0) is 8.55.